The Kier molecular flexibility index (Phi) is 4.83. The summed E-state index contributed by atoms with van der Waals surface area (Å²) in [6.07, 6.45) is 4.99. The molecule has 5 heteroatoms. The number of hydrogen-bond acceptors (Lipinski definition) is 4. The highest BCUT2D eigenvalue weighted by molar-refractivity contribution is 6.15. The molecule has 2 aromatic heterocycles. The van der Waals surface area contributed by atoms with Crippen LogP contribution in [0, 0.1) is 0 Å². The van der Waals surface area contributed by atoms with Crippen LogP contribution in [0.15, 0.2) is 48.8 Å². The number of benzene rings is 2. The minimum absolute atomic E-state index is 0.262. The number of likely N-dealkylation sites (N-methyl/N-ethyl adjacent to an activating group) is 1. The first-order valence-electron chi connectivity index (χ1n) is 10.8. The molecule has 2 heterocycles. The fraction of sp³-hybridized carbons (Fsp3) is 0.320. The van der Waals surface area contributed by atoms with E-state index >= 15 is 0 Å². The van der Waals surface area contributed by atoms with E-state index in [2.05, 4.69) is 57.5 Å². The smallest absolute Gasteiger partial charge is 0.163 e. The Bertz CT molecular complexity index is 1240. The van der Waals surface area contributed by atoms with Gasteiger partial charge in [-0.3, -0.25) is 4.79 Å². The second-order valence-electron chi connectivity index (χ2n) is 7.89. The van der Waals surface area contributed by atoms with Gasteiger partial charge in [-0.05, 0) is 61.5 Å². The van der Waals surface area contributed by atoms with Gasteiger partial charge in [0.05, 0.1) is 0 Å². The van der Waals surface area contributed by atoms with E-state index in [4.69, 9.17) is 0 Å². The minimum atomic E-state index is 0.262. The van der Waals surface area contributed by atoms with Crippen LogP contribution in [0.1, 0.15) is 36.2 Å². The molecule has 0 fully saturated rings. The quantitative estimate of drug-likeness (QED) is 0.471. The van der Waals surface area contributed by atoms with Crippen molar-refractivity contribution in [1.82, 2.24) is 19.4 Å². The summed E-state index contributed by atoms with van der Waals surface area (Å²) in [5.74, 6) is 0.991. The van der Waals surface area contributed by atoms with Crippen LogP contribution >= 0.6 is 0 Å². The Labute approximate surface area is 176 Å². The number of hydrogen-bond donors (Lipinski definition) is 0. The van der Waals surface area contributed by atoms with Gasteiger partial charge in [-0.2, -0.15) is 0 Å². The van der Waals surface area contributed by atoms with Gasteiger partial charge in [0.2, 0.25) is 0 Å². The van der Waals surface area contributed by atoms with Gasteiger partial charge in [-0.15, -0.1) is 0 Å². The highest BCUT2D eigenvalue weighted by Gasteiger charge is 2.25. The number of carbonyl (C=O) groups excluding carboxylic acids is 1. The molecule has 0 atom stereocenters. The zero-order valence-electron chi connectivity index (χ0n) is 17.6. The van der Waals surface area contributed by atoms with Gasteiger partial charge in [-0.25, -0.2) is 9.97 Å². The van der Waals surface area contributed by atoms with Gasteiger partial charge in [0.1, 0.15) is 0 Å². The van der Waals surface area contributed by atoms with Crippen molar-refractivity contribution in [3.8, 4) is 11.4 Å². The maximum atomic E-state index is 12.4. The fourth-order valence-corrected chi connectivity index (χ4v) is 4.77. The van der Waals surface area contributed by atoms with Gasteiger partial charge in [0.25, 0.3) is 0 Å². The van der Waals surface area contributed by atoms with Crippen LogP contribution in [-0.2, 0) is 13.0 Å². The third-order valence-corrected chi connectivity index (χ3v) is 6.40. The number of carbonyl (C=O) groups is 1. The molecule has 0 aliphatic heterocycles. The number of nitrogens with zero attached hydrogens (tertiary/aromatic N) is 4. The SMILES string of the molecule is CCN(CC)CCn1c2ccc(-c3ncccn3)cc2c2c3c(ccc21)C(=O)CC3. The highest BCUT2D eigenvalue weighted by Crippen LogP contribution is 2.38. The van der Waals surface area contributed by atoms with E-state index in [9.17, 15) is 4.79 Å². The molecule has 0 saturated heterocycles. The average molecular weight is 399 g/mol. The number of aromatic nitrogens is 3. The lowest BCUT2D eigenvalue weighted by atomic mass is 10.0. The molecule has 152 valence electrons. The topological polar surface area (TPSA) is 51.0 Å². The second kappa shape index (κ2) is 7.65. The first kappa shape index (κ1) is 18.9. The van der Waals surface area contributed by atoms with E-state index in [1.54, 1.807) is 12.4 Å². The van der Waals surface area contributed by atoms with Crippen molar-refractivity contribution in [3.63, 3.8) is 0 Å². The summed E-state index contributed by atoms with van der Waals surface area (Å²) < 4.78 is 2.42. The molecule has 5 rings (SSSR count). The summed E-state index contributed by atoms with van der Waals surface area (Å²) in [5, 5.41) is 2.42. The zero-order chi connectivity index (χ0) is 20.7. The Balaban J connectivity index is 1.73. The molecular formula is C25H26N4O. The third-order valence-electron chi connectivity index (χ3n) is 6.40. The maximum absolute atomic E-state index is 12.4. The predicted octanol–water partition coefficient (Wildman–Crippen LogP) is 4.72. The lowest BCUT2D eigenvalue weighted by Crippen LogP contribution is -2.26. The van der Waals surface area contributed by atoms with Crippen molar-refractivity contribution in [3.05, 3.63) is 59.9 Å². The Morgan fingerprint density at radius 3 is 2.53 bits per heavy atom. The first-order chi connectivity index (χ1) is 14.7. The molecule has 0 radical (unpaired) electrons. The van der Waals surface area contributed by atoms with Gasteiger partial charge >= 0.3 is 0 Å². The first-order valence-corrected chi connectivity index (χ1v) is 10.8. The normalized spacial score (nSPS) is 13.6. The van der Waals surface area contributed by atoms with Gasteiger partial charge in [0, 0.05) is 64.8 Å². The largest absolute Gasteiger partial charge is 0.339 e. The molecular weight excluding hydrogens is 372 g/mol. The van der Waals surface area contributed by atoms with Crippen LogP contribution in [0.2, 0.25) is 0 Å². The van der Waals surface area contributed by atoms with Crippen LogP contribution in [0.3, 0.4) is 0 Å². The lowest BCUT2D eigenvalue weighted by Gasteiger charge is -2.19. The molecule has 1 aliphatic rings. The lowest BCUT2D eigenvalue weighted by molar-refractivity contribution is 0.0994. The Hall–Kier alpha value is -3.05. The molecule has 4 aromatic rings. The number of fused-ring (bicyclic) bond motifs is 5. The van der Waals surface area contributed by atoms with E-state index in [0.29, 0.717) is 6.42 Å². The standard InChI is InChI=1S/C25H26N4O/c1-3-28(4-2)14-15-29-21-9-6-17(25-26-12-5-13-27-25)16-20(21)24-19-8-11-23(30)18(19)7-10-22(24)29/h5-7,9-10,12-13,16H,3-4,8,11,14-15H2,1-2H3. The van der Waals surface area contributed by atoms with Gasteiger partial charge in [0.15, 0.2) is 11.6 Å². The molecule has 0 saturated carbocycles. The van der Waals surface area contributed by atoms with Crippen LogP contribution < -0.4 is 0 Å². The van der Waals surface area contributed by atoms with Crippen molar-refractivity contribution in [2.75, 3.05) is 19.6 Å². The van der Waals surface area contributed by atoms with E-state index in [1.807, 2.05) is 12.1 Å². The Morgan fingerprint density at radius 1 is 1.00 bits per heavy atom. The fourth-order valence-electron chi connectivity index (χ4n) is 4.77. The summed E-state index contributed by atoms with van der Waals surface area (Å²) in [6.45, 7) is 8.45. The van der Waals surface area contributed by atoms with E-state index in [1.165, 1.54) is 27.4 Å². The van der Waals surface area contributed by atoms with Gasteiger partial charge in [-0.1, -0.05) is 13.8 Å². The molecule has 0 N–H and O–H groups in total. The molecule has 0 bridgehead atoms. The summed E-state index contributed by atoms with van der Waals surface area (Å²) in [7, 11) is 0. The number of aryl methyl sites for hydroxylation is 1. The van der Waals surface area contributed by atoms with Crippen molar-refractivity contribution < 1.29 is 4.79 Å². The molecule has 0 unspecified atom stereocenters. The molecule has 0 spiro atoms. The number of Topliss-reactive ketones (excluding diaryl/α,β-unsaturated/α-hetero) is 1. The zero-order valence-corrected chi connectivity index (χ0v) is 17.6. The number of rotatable bonds is 6. The molecule has 2 aromatic carbocycles. The average Bonchev–Trinajstić information content (AvgIpc) is 3.32. The van der Waals surface area contributed by atoms with Crippen molar-refractivity contribution in [2.24, 2.45) is 0 Å². The van der Waals surface area contributed by atoms with Crippen LogP contribution in [0.4, 0.5) is 0 Å². The van der Waals surface area contributed by atoms with E-state index in [-0.39, 0.29) is 5.78 Å². The minimum Gasteiger partial charge on any atom is -0.339 e. The van der Waals surface area contributed by atoms with E-state index in [0.717, 1.165) is 49.6 Å². The van der Waals surface area contributed by atoms with Crippen molar-refractivity contribution in [1.29, 1.82) is 0 Å². The summed E-state index contributed by atoms with van der Waals surface area (Å²) in [4.78, 5) is 23.7. The maximum Gasteiger partial charge on any atom is 0.163 e. The van der Waals surface area contributed by atoms with Crippen LogP contribution in [0.5, 0.6) is 0 Å². The monoisotopic (exact) mass is 398 g/mol. The number of ketones is 1. The van der Waals surface area contributed by atoms with Crippen molar-refractivity contribution >= 4 is 27.6 Å². The predicted molar refractivity (Wildman–Crippen MR) is 121 cm³/mol. The Morgan fingerprint density at radius 2 is 1.77 bits per heavy atom. The summed E-state index contributed by atoms with van der Waals surface area (Å²) in [5.41, 5.74) is 5.54. The van der Waals surface area contributed by atoms with E-state index < -0.39 is 0 Å². The van der Waals surface area contributed by atoms with Crippen LogP contribution in [-0.4, -0.2) is 44.9 Å². The molecule has 5 nitrogen and oxygen atoms in total. The molecule has 30 heavy (non-hydrogen) atoms. The summed E-state index contributed by atoms with van der Waals surface area (Å²) >= 11 is 0. The molecule has 0 amide bonds. The summed E-state index contributed by atoms with van der Waals surface area (Å²) in [6, 6.07) is 12.5. The van der Waals surface area contributed by atoms with Crippen molar-refractivity contribution in [2.45, 2.75) is 33.2 Å². The molecule has 1 aliphatic carbocycles. The second-order valence-corrected chi connectivity index (χ2v) is 7.89. The highest BCUT2D eigenvalue weighted by atomic mass is 16.1. The van der Waals surface area contributed by atoms with Gasteiger partial charge < -0.3 is 9.47 Å². The third kappa shape index (κ3) is 3.01. The van der Waals surface area contributed by atoms with Crippen LogP contribution in [0.25, 0.3) is 33.2 Å².